The van der Waals surface area contributed by atoms with Crippen molar-refractivity contribution in [1.82, 2.24) is 5.32 Å². The number of hydrogen-bond acceptors (Lipinski definition) is 7. The van der Waals surface area contributed by atoms with Gasteiger partial charge >= 0.3 is 5.97 Å². The lowest BCUT2D eigenvalue weighted by Gasteiger charge is -2.22. The first-order valence-electron chi connectivity index (χ1n) is 7.46. The number of hydrogen-bond donors (Lipinski definition) is 2. The zero-order valence-corrected chi connectivity index (χ0v) is 14.6. The van der Waals surface area contributed by atoms with Gasteiger partial charge in [0.25, 0.3) is 5.91 Å². The van der Waals surface area contributed by atoms with Crippen molar-refractivity contribution in [2.75, 3.05) is 18.5 Å². The number of anilines is 1. The maximum atomic E-state index is 12.3. The molecule has 0 saturated heterocycles. The van der Waals surface area contributed by atoms with Crippen LogP contribution in [0.3, 0.4) is 0 Å². The lowest BCUT2D eigenvalue weighted by molar-refractivity contribution is -0.145. The van der Waals surface area contributed by atoms with Gasteiger partial charge in [0.05, 0.1) is 17.0 Å². The lowest BCUT2D eigenvalue weighted by Crippen LogP contribution is -2.35. The second-order valence-corrected chi connectivity index (χ2v) is 7.08. The molecule has 0 aliphatic carbocycles. The number of ether oxygens (including phenoxy) is 1. The highest BCUT2D eigenvalue weighted by Gasteiger charge is 2.33. The van der Waals surface area contributed by atoms with E-state index in [1.807, 2.05) is 5.38 Å². The molecule has 124 valence electrons. The van der Waals surface area contributed by atoms with Gasteiger partial charge in [-0.15, -0.1) is 22.7 Å². The van der Waals surface area contributed by atoms with E-state index in [0.29, 0.717) is 35.0 Å². The van der Waals surface area contributed by atoms with Crippen molar-refractivity contribution in [3.63, 3.8) is 0 Å². The number of nitriles is 1. The number of esters is 1. The number of nitrogens with one attached hydrogen (secondary N) is 2. The molecule has 0 radical (unpaired) electrons. The fourth-order valence-electron chi connectivity index (χ4n) is 2.59. The van der Waals surface area contributed by atoms with Crippen LogP contribution in [0.4, 0.5) is 5.00 Å². The van der Waals surface area contributed by atoms with Gasteiger partial charge in [-0.3, -0.25) is 10.1 Å². The van der Waals surface area contributed by atoms with Gasteiger partial charge in [0, 0.05) is 11.4 Å². The van der Waals surface area contributed by atoms with E-state index in [1.54, 1.807) is 19.1 Å². The molecule has 8 heteroatoms. The van der Waals surface area contributed by atoms with E-state index in [2.05, 4.69) is 16.7 Å². The molecule has 0 aromatic carbocycles. The van der Waals surface area contributed by atoms with E-state index in [1.165, 1.54) is 22.7 Å². The maximum absolute atomic E-state index is 12.3. The fourth-order valence-corrected chi connectivity index (χ4v) is 4.47. The van der Waals surface area contributed by atoms with Crippen LogP contribution in [-0.4, -0.2) is 25.0 Å². The Balaban J connectivity index is 1.93. The van der Waals surface area contributed by atoms with Crippen LogP contribution in [0.15, 0.2) is 17.5 Å². The van der Waals surface area contributed by atoms with Gasteiger partial charge in [-0.05, 0) is 30.4 Å². The third kappa shape index (κ3) is 3.06. The monoisotopic (exact) mass is 361 g/mol. The van der Waals surface area contributed by atoms with Crippen molar-refractivity contribution in [2.45, 2.75) is 19.4 Å². The Hall–Kier alpha value is -2.21. The normalized spacial score (nSPS) is 16.1. The lowest BCUT2D eigenvalue weighted by atomic mass is 10.00. The van der Waals surface area contributed by atoms with E-state index >= 15 is 0 Å². The summed E-state index contributed by atoms with van der Waals surface area (Å²) < 4.78 is 5.10. The van der Waals surface area contributed by atoms with E-state index in [9.17, 15) is 14.9 Å². The first-order chi connectivity index (χ1) is 11.7. The van der Waals surface area contributed by atoms with Gasteiger partial charge < -0.3 is 10.1 Å². The van der Waals surface area contributed by atoms with Crippen molar-refractivity contribution in [2.24, 2.45) is 0 Å². The number of fused-ring (bicyclic) bond motifs is 1. The van der Waals surface area contributed by atoms with Crippen LogP contribution in [-0.2, 0) is 16.0 Å². The highest BCUT2D eigenvalue weighted by atomic mass is 32.1. The molecule has 2 N–H and O–H groups in total. The Kier molecular flexibility index (Phi) is 4.94. The first-order valence-corrected chi connectivity index (χ1v) is 9.15. The summed E-state index contributed by atoms with van der Waals surface area (Å²) in [5, 5.41) is 17.7. The number of amides is 1. The third-order valence-corrected chi connectivity index (χ3v) is 5.71. The molecule has 3 rings (SSSR count). The highest BCUT2D eigenvalue weighted by Crippen LogP contribution is 2.39. The van der Waals surface area contributed by atoms with E-state index < -0.39 is 6.04 Å². The van der Waals surface area contributed by atoms with Gasteiger partial charge in [0.2, 0.25) is 0 Å². The zero-order valence-electron chi connectivity index (χ0n) is 12.9. The van der Waals surface area contributed by atoms with Crippen LogP contribution in [0.2, 0.25) is 0 Å². The average Bonchev–Trinajstić information content (AvgIpc) is 3.22. The highest BCUT2D eigenvalue weighted by molar-refractivity contribution is 7.17. The molecule has 0 fully saturated rings. The van der Waals surface area contributed by atoms with Crippen LogP contribution in [0.25, 0.3) is 0 Å². The van der Waals surface area contributed by atoms with Crippen LogP contribution in [0.1, 0.15) is 38.6 Å². The second-order valence-electron chi connectivity index (χ2n) is 5.08. The van der Waals surface area contributed by atoms with Gasteiger partial charge in [0.15, 0.2) is 0 Å². The topological polar surface area (TPSA) is 91.2 Å². The van der Waals surface area contributed by atoms with Crippen molar-refractivity contribution >= 4 is 39.6 Å². The summed E-state index contributed by atoms with van der Waals surface area (Å²) in [5.41, 5.74) is 1.26. The number of thiophene rings is 2. The molecular formula is C16H15N3O3S2. The minimum atomic E-state index is -0.585. The molecule has 1 aliphatic rings. The van der Waals surface area contributed by atoms with Crippen LogP contribution >= 0.6 is 22.7 Å². The van der Waals surface area contributed by atoms with Gasteiger partial charge in [0.1, 0.15) is 17.1 Å². The van der Waals surface area contributed by atoms with E-state index in [4.69, 9.17) is 4.74 Å². The maximum Gasteiger partial charge on any atom is 0.328 e. The molecule has 0 spiro atoms. The Bertz CT molecular complexity index is 805. The summed E-state index contributed by atoms with van der Waals surface area (Å²) in [4.78, 5) is 25.7. The predicted molar refractivity (Wildman–Crippen MR) is 92.4 cm³/mol. The van der Waals surface area contributed by atoms with Crippen molar-refractivity contribution in [3.05, 3.63) is 38.4 Å². The predicted octanol–water partition coefficient (Wildman–Crippen LogP) is 2.68. The Labute approximate surface area is 147 Å². The molecule has 1 atom stereocenters. The molecular weight excluding hydrogens is 346 g/mol. The minimum Gasteiger partial charge on any atom is -0.465 e. The fraction of sp³-hybridized carbons (Fsp3) is 0.312. The van der Waals surface area contributed by atoms with E-state index in [-0.39, 0.29) is 11.9 Å². The Morgan fingerprint density at radius 3 is 3.04 bits per heavy atom. The number of carbonyl (C=O) groups excluding carboxylic acids is 2. The summed E-state index contributed by atoms with van der Waals surface area (Å²) >= 11 is 2.60. The van der Waals surface area contributed by atoms with E-state index in [0.717, 1.165) is 10.4 Å². The van der Waals surface area contributed by atoms with Gasteiger partial charge in [-0.2, -0.15) is 5.26 Å². The molecule has 6 nitrogen and oxygen atoms in total. The molecule has 1 aliphatic heterocycles. The summed E-state index contributed by atoms with van der Waals surface area (Å²) in [6.45, 7) is 2.63. The first kappa shape index (κ1) is 16.6. The summed E-state index contributed by atoms with van der Waals surface area (Å²) in [7, 11) is 0. The molecule has 1 amide bonds. The molecule has 24 heavy (non-hydrogen) atoms. The number of carbonyl (C=O) groups is 2. The summed E-state index contributed by atoms with van der Waals surface area (Å²) in [6, 6.07) is 5.10. The molecule has 0 saturated carbocycles. The summed E-state index contributed by atoms with van der Waals surface area (Å²) in [6.07, 6.45) is 0.638. The molecule has 1 unspecified atom stereocenters. The average molecular weight is 361 g/mol. The SMILES string of the molecule is CCOC(=O)C1NCCc2c1sc(NC(=O)c1cccs1)c2C#N. The Morgan fingerprint density at radius 2 is 2.38 bits per heavy atom. The third-order valence-electron chi connectivity index (χ3n) is 3.63. The molecule has 0 bridgehead atoms. The smallest absolute Gasteiger partial charge is 0.328 e. The van der Waals surface area contributed by atoms with Crippen molar-refractivity contribution in [1.29, 1.82) is 5.26 Å². The Morgan fingerprint density at radius 1 is 1.54 bits per heavy atom. The summed E-state index contributed by atoms with van der Waals surface area (Å²) in [5.74, 6) is -0.610. The van der Waals surface area contributed by atoms with Crippen molar-refractivity contribution in [3.8, 4) is 6.07 Å². The minimum absolute atomic E-state index is 0.249. The van der Waals surface area contributed by atoms with Gasteiger partial charge in [-0.1, -0.05) is 6.07 Å². The largest absolute Gasteiger partial charge is 0.465 e. The zero-order chi connectivity index (χ0) is 17.1. The number of nitrogens with zero attached hydrogens (tertiary/aromatic N) is 1. The van der Waals surface area contributed by atoms with Crippen LogP contribution in [0.5, 0.6) is 0 Å². The second kappa shape index (κ2) is 7.13. The molecule has 2 aromatic heterocycles. The quantitative estimate of drug-likeness (QED) is 0.817. The number of rotatable bonds is 4. The van der Waals surface area contributed by atoms with Crippen LogP contribution < -0.4 is 10.6 Å². The molecule has 2 aromatic rings. The van der Waals surface area contributed by atoms with Gasteiger partial charge in [-0.25, -0.2) is 4.79 Å². The van der Waals surface area contributed by atoms with Crippen molar-refractivity contribution < 1.29 is 14.3 Å². The molecule has 3 heterocycles. The van der Waals surface area contributed by atoms with Crippen LogP contribution in [0, 0.1) is 11.3 Å². The standard InChI is InChI=1S/C16H15N3O3S2/c1-2-22-16(21)12-13-9(5-6-18-12)10(8-17)15(24-13)19-14(20)11-4-3-7-23-11/h3-4,7,12,18H,2,5-6H2,1H3,(H,19,20).